The molecule has 0 radical (unpaired) electrons. The summed E-state index contributed by atoms with van der Waals surface area (Å²) < 4.78 is 33.4. The Morgan fingerprint density at radius 3 is 1.90 bits per heavy atom. The molecule has 1 aromatic rings. The SMILES string of the molecule is CCCCCCCCCCOS(=O)(=O)OC(=O)Nc1c(C(C)C)cccc1C(C)C. The molecule has 0 bridgehead atoms. The maximum Gasteiger partial charge on any atom is 0.452 e. The molecule has 30 heavy (non-hydrogen) atoms. The molecule has 0 aromatic heterocycles. The lowest BCUT2D eigenvalue weighted by Gasteiger charge is -2.19. The highest BCUT2D eigenvalue weighted by atomic mass is 32.3. The summed E-state index contributed by atoms with van der Waals surface area (Å²) in [6.45, 7) is 10.3. The Labute approximate surface area is 183 Å². The third-order valence-electron chi connectivity index (χ3n) is 5.00. The largest absolute Gasteiger partial charge is 0.452 e. The van der Waals surface area contributed by atoms with E-state index >= 15 is 0 Å². The van der Waals surface area contributed by atoms with Crippen LogP contribution in [0, 0.1) is 0 Å². The number of hydrogen-bond acceptors (Lipinski definition) is 5. The van der Waals surface area contributed by atoms with Gasteiger partial charge in [0.2, 0.25) is 0 Å². The highest BCUT2D eigenvalue weighted by Gasteiger charge is 2.21. The maximum atomic E-state index is 12.2. The number of nitrogens with one attached hydrogen (secondary N) is 1. The molecule has 172 valence electrons. The monoisotopic (exact) mass is 441 g/mol. The van der Waals surface area contributed by atoms with Crippen molar-refractivity contribution in [1.29, 1.82) is 0 Å². The highest BCUT2D eigenvalue weighted by molar-refractivity contribution is 7.82. The van der Waals surface area contributed by atoms with Crippen LogP contribution in [0.25, 0.3) is 0 Å². The molecule has 0 saturated carbocycles. The fraction of sp³-hybridized carbons (Fsp3) is 0.696. The molecule has 0 heterocycles. The summed E-state index contributed by atoms with van der Waals surface area (Å²) in [6, 6.07) is 5.77. The van der Waals surface area contributed by atoms with Gasteiger partial charge in [-0.25, -0.2) is 8.98 Å². The zero-order valence-electron chi connectivity index (χ0n) is 19.2. The maximum absolute atomic E-state index is 12.2. The predicted molar refractivity (Wildman–Crippen MR) is 122 cm³/mol. The quantitative estimate of drug-likeness (QED) is 0.318. The number of carbonyl (C=O) groups excluding carboxylic acids is 1. The topological polar surface area (TPSA) is 81.7 Å². The summed E-state index contributed by atoms with van der Waals surface area (Å²) in [4.78, 5) is 12.2. The van der Waals surface area contributed by atoms with E-state index in [-0.39, 0.29) is 18.4 Å². The van der Waals surface area contributed by atoms with Crippen molar-refractivity contribution in [1.82, 2.24) is 0 Å². The second-order valence-electron chi connectivity index (χ2n) is 8.32. The Morgan fingerprint density at radius 2 is 1.40 bits per heavy atom. The van der Waals surface area contributed by atoms with Crippen LogP contribution in [0.5, 0.6) is 0 Å². The minimum Gasteiger partial charge on any atom is -0.306 e. The van der Waals surface area contributed by atoms with Crippen molar-refractivity contribution in [2.75, 3.05) is 11.9 Å². The minimum atomic E-state index is -4.38. The number of carbonyl (C=O) groups is 1. The summed E-state index contributed by atoms with van der Waals surface area (Å²) in [5.41, 5.74) is 2.46. The molecule has 0 atom stereocenters. The Morgan fingerprint density at radius 1 is 0.900 bits per heavy atom. The Bertz CT molecular complexity index is 718. The molecule has 0 saturated heterocycles. The first-order valence-corrected chi connectivity index (χ1v) is 12.5. The van der Waals surface area contributed by atoms with E-state index in [2.05, 4.69) is 16.4 Å². The van der Waals surface area contributed by atoms with E-state index in [1.54, 1.807) is 0 Å². The van der Waals surface area contributed by atoms with Gasteiger partial charge in [-0.05, 0) is 29.4 Å². The second kappa shape index (κ2) is 13.7. The van der Waals surface area contributed by atoms with Crippen molar-refractivity contribution >= 4 is 22.2 Å². The molecule has 0 aliphatic heterocycles. The molecule has 1 amide bonds. The lowest BCUT2D eigenvalue weighted by atomic mass is 9.93. The van der Waals surface area contributed by atoms with E-state index in [0.717, 1.165) is 30.4 Å². The number of unbranched alkanes of at least 4 members (excludes halogenated alkanes) is 7. The molecule has 0 unspecified atom stereocenters. The van der Waals surface area contributed by atoms with E-state index in [4.69, 9.17) is 4.18 Å². The molecule has 1 N–H and O–H groups in total. The van der Waals surface area contributed by atoms with Crippen molar-refractivity contribution < 1.29 is 21.6 Å². The summed E-state index contributed by atoms with van der Waals surface area (Å²) in [7, 11) is -4.38. The molecule has 0 aliphatic rings. The molecule has 6 nitrogen and oxygen atoms in total. The molecule has 7 heteroatoms. The fourth-order valence-electron chi connectivity index (χ4n) is 3.33. The molecule has 1 aromatic carbocycles. The normalized spacial score (nSPS) is 11.8. The number of benzene rings is 1. The van der Waals surface area contributed by atoms with Crippen molar-refractivity contribution in [2.45, 2.75) is 97.8 Å². The molecule has 1 rings (SSSR count). The fourth-order valence-corrected chi connectivity index (χ4v) is 3.93. The molecular formula is C23H39NO5S. The smallest absolute Gasteiger partial charge is 0.306 e. The van der Waals surface area contributed by atoms with Crippen LogP contribution in [-0.2, 0) is 18.8 Å². The van der Waals surface area contributed by atoms with Gasteiger partial charge >= 0.3 is 16.5 Å². The van der Waals surface area contributed by atoms with Crippen LogP contribution in [0.15, 0.2) is 18.2 Å². The number of hydrogen-bond donors (Lipinski definition) is 1. The summed E-state index contributed by atoms with van der Waals surface area (Å²) in [6.07, 6.45) is 7.62. The minimum absolute atomic E-state index is 0.0183. The molecular weight excluding hydrogens is 402 g/mol. The predicted octanol–water partition coefficient (Wildman–Crippen LogP) is 6.88. The summed E-state index contributed by atoms with van der Waals surface area (Å²) >= 11 is 0. The number of anilines is 1. The van der Waals surface area contributed by atoms with Gasteiger partial charge in [-0.2, -0.15) is 8.42 Å². The molecule has 0 fully saturated rings. The van der Waals surface area contributed by atoms with Crippen LogP contribution in [0.2, 0.25) is 0 Å². The molecule has 0 aliphatic carbocycles. The van der Waals surface area contributed by atoms with Gasteiger partial charge in [0, 0.05) is 0 Å². The highest BCUT2D eigenvalue weighted by Crippen LogP contribution is 2.32. The van der Waals surface area contributed by atoms with E-state index in [1.807, 2.05) is 45.9 Å². The van der Waals surface area contributed by atoms with Gasteiger partial charge in [0.1, 0.15) is 0 Å². The third-order valence-corrected chi connectivity index (χ3v) is 5.81. The van der Waals surface area contributed by atoms with E-state index in [9.17, 15) is 13.2 Å². The van der Waals surface area contributed by atoms with Gasteiger partial charge < -0.3 is 4.18 Å². The van der Waals surface area contributed by atoms with E-state index < -0.39 is 16.5 Å². The van der Waals surface area contributed by atoms with E-state index in [0.29, 0.717) is 12.1 Å². The standard InChI is InChI=1S/C23H39NO5S/c1-6-7-8-9-10-11-12-13-17-28-30(26,27)29-23(25)24-22-20(18(2)3)15-14-16-21(22)19(4)5/h14-16,18-19H,6-13,17H2,1-5H3,(H,24,25). The lowest BCUT2D eigenvalue weighted by molar-refractivity contribution is 0.196. The summed E-state index contributed by atoms with van der Waals surface area (Å²) in [5, 5.41) is 2.61. The van der Waals surface area contributed by atoms with Crippen LogP contribution < -0.4 is 5.32 Å². The lowest BCUT2D eigenvalue weighted by Crippen LogP contribution is -2.22. The van der Waals surface area contributed by atoms with Crippen LogP contribution in [0.1, 0.15) is 109 Å². The zero-order chi connectivity index (χ0) is 22.6. The Hall–Kier alpha value is -1.60. The average molecular weight is 442 g/mol. The van der Waals surface area contributed by atoms with Crippen LogP contribution >= 0.6 is 0 Å². The average Bonchev–Trinajstić information content (AvgIpc) is 2.65. The summed E-state index contributed by atoms with van der Waals surface area (Å²) in [5.74, 6) is 0.322. The van der Waals surface area contributed by atoms with Crippen LogP contribution in [-0.4, -0.2) is 21.1 Å². The van der Waals surface area contributed by atoms with E-state index in [1.165, 1.54) is 25.7 Å². The zero-order valence-corrected chi connectivity index (χ0v) is 20.0. The van der Waals surface area contributed by atoms with Gasteiger partial charge in [-0.3, -0.25) is 5.32 Å². The first kappa shape index (κ1) is 26.4. The Balaban J connectivity index is 2.51. The van der Waals surface area contributed by atoms with Crippen molar-refractivity contribution in [3.8, 4) is 0 Å². The Kier molecular flexibility index (Phi) is 12.0. The first-order valence-electron chi connectivity index (χ1n) is 11.2. The van der Waals surface area contributed by atoms with Crippen molar-refractivity contribution in [3.63, 3.8) is 0 Å². The third kappa shape index (κ3) is 9.94. The van der Waals surface area contributed by atoms with Gasteiger partial charge in [0.25, 0.3) is 0 Å². The van der Waals surface area contributed by atoms with Gasteiger partial charge in [-0.1, -0.05) is 97.8 Å². The van der Waals surface area contributed by atoms with Gasteiger partial charge in [0.05, 0.1) is 12.3 Å². The molecule has 0 spiro atoms. The van der Waals surface area contributed by atoms with Crippen molar-refractivity contribution in [2.24, 2.45) is 0 Å². The van der Waals surface area contributed by atoms with Crippen LogP contribution in [0.3, 0.4) is 0 Å². The first-order chi connectivity index (χ1) is 14.2. The van der Waals surface area contributed by atoms with Crippen LogP contribution in [0.4, 0.5) is 10.5 Å². The van der Waals surface area contributed by atoms with Crippen molar-refractivity contribution in [3.05, 3.63) is 29.3 Å². The number of amides is 1. The van der Waals surface area contributed by atoms with Gasteiger partial charge in [-0.15, -0.1) is 0 Å². The van der Waals surface area contributed by atoms with Gasteiger partial charge in [0.15, 0.2) is 0 Å². The number of rotatable bonds is 14. The second-order valence-corrected chi connectivity index (χ2v) is 9.54. The number of para-hydroxylation sites is 1.